The Morgan fingerprint density at radius 2 is 1.93 bits per heavy atom. The monoisotopic (exact) mass is 212 g/mol. The molecule has 0 spiro atoms. The van der Waals surface area contributed by atoms with Crippen LogP contribution in [0, 0.1) is 5.92 Å². The number of amides is 1. The second-order valence-corrected chi connectivity index (χ2v) is 4.85. The SMILES string of the molecule is CCC(CC)C(C)NC(=O)C1(N)CCC1. The predicted octanol–water partition coefficient (Wildman–Crippen LogP) is 1.81. The summed E-state index contributed by atoms with van der Waals surface area (Å²) >= 11 is 0. The molecule has 1 unspecified atom stereocenters. The van der Waals surface area contributed by atoms with Gasteiger partial charge in [0.05, 0.1) is 5.54 Å². The summed E-state index contributed by atoms with van der Waals surface area (Å²) in [5.41, 5.74) is 5.41. The quantitative estimate of drug-likeness (QED) is 0.730. The first-order valence-corrected chi connectivity index (χ1v) is 6.13. The van der Waals surface area contributed by atoms with E-state index in [9.17, 15) is 4.79 Å². The van der Waals surface area contributed by atoms with Crippen LogP contribution in [0.25, 0.3) is 0 Å². The molecule has 0 radical (unpaired) electrons. The van der Waals surface area contributed by atoms with Gasteiger partial charge in [-0.15, -0.1) is 0 Å². The van der Waals surface area contributed by atoms with Gasteiger partial charge in [-0.2, -0.15) is 0 Å². The molecule has 0 aromatic carbocycles. The second-order valence-electron chi connectivity index (χ2n) is 4.85. The minimum atomic E-state index is -0.555. The molecule has 3 nitrogen and oxygen atoms in total. The zero-order valence-electron chi connectivity index (χ0n) is 10.2. The molecule has 1 atom stereocenters. The maximum absolute atomic E-state index is 11.9. The standard InChI is InChI=1S/C12H24N2O/c1-4-10(5-2)9(3)14-11(15)12(13)7-6-8-12/h9-10H,4-8,13H2,1-3H3,(H,14,15). The van der Waals surface area contributed by atoms with Crippen LogP contribution in [-0.2, 0) is 4.79 Å². The molecule has 3 N–H and O–H groups in total. The third kappa shape index (κ3) is 2.71. The Morgan fingerprint density at radius 3 is 2.27 bits per heavy atom. The molecule has 3 heteroatoms. The van der Waals surface area contributed by atoms with Crippen LogP contribution in [0.2, 0.25) is 0 Å². The minimum Gasteiger partial charge on any atom is -0.352 e. The topological polar surface area (TPSA) is 55.1 Å². The molecule has 0 saturated heterocycles. The highest BCUT2D eigenvalue weighted by molar-refractivity contribution is 5.87. The van der Waals surface area contributed by atoms with E-state index in [1.807, 2.05) is 0 Å². The van der Waals surface area contributed by atoms with Gasteiger partial charge in [0.15, 0.2) is 0 Å². The third-order valence-electron chi connectivity index (χ3n) is 3.81. The molecule has 1 fully saturated rings. The summed E-state index contributed by atoms with van der Waals surface area (Å²) < 4.78 is 0. The fraction of sp³-hybridized carbons (Fsp3) is 0.917. The molecule has 15 heavy (non-hydrogen) atoms. The number of hydrogen-bond acceptors (Lipinski definition) is 2. The van der Waals surface area contributed by atoms with Crippen LogP contribution in [0.15, 0.2) is 0 Å². The van der Waals surface area contributed by atoms with Crippen molar-refractivity contribution < 1.29 is 4.79 Å². The lowest BCUT2D eigenvalue weighted by Gasteiger charge is -2.38. The molecule has 1 saturated carbocycles. The third-order valence-corrected chi connectivity index (χ3v) is 3.81. The molecule has 1 amide bonds. The fourth-order valence-corrected chi connectivity index (χ4v) is 2.25. The van der Waals surface area contributed by atoms with Crippen LogP contribution in [0.5, 0.6) is 0 Å². The van der Waals surface area contributed by atoms with Crippen LogP contribution in [0.1, 0.15) is 52.9 Å². The van der Waals surface area contributed by atoms with Crippen molar-refractivity contribution in [2.75, 3.05) is 0 Å². The minimum absolute atomic E-state index is 0.0492. The van der Waals surface area contributed by atoms with Crippen LogP contribution in [0.4, 0.5) is 0 Å². The van der Waals surface area contributed by atoms with Crippen molar-refractivity contribution in [3.63, 3.8) is 0 Å². The zero-order chi connectivity index (χ0) is 11.5. The molecule has 0 aromatic rings. The smallest absolute Gasteiger partial charge is 0.240 e. The Hall–Kier alpha value is -0.570. The van der Waals surface area contributed by atoms with Crippen molar-refractivity contribution in [3.8, 4) is 0 Å². The van der Waals surface area contributed by atoms with Crippen molar-refractivity contribution in [2.24, 2.45) is 11.7 Å². The zero-order valence-corrected chi connectivity index (χ0v) is 10.2. The van der Waals surface area contributed by atoms with Gasteiger partial charge in [-0.25, -0.2) is 0 Å². The molecule has 1 rings (SSSR count). The van der Waals surface area contributed by atoms with E-state index in [1.165, 1.54) is 0 Å². The highest BCUT2D eigenvalue weighted by Crippen LogP contribution is 2.29. The molecule has 88 valence electrons. The summed E-state index contributed by atoms with van der Waals surface area (Å²) in [5.74, 6) is 0.616. The van der Waals surface area contributed by atoms with E-state index in [1.54, 1.807) is 0 Å². The van der Waals surface area contributed by atoms with Gasteiger partial charge >= 0.3 is 0 Å². The number of nitrogens with one attached hydrogen (secondary N) is 1. The summed E-state index contributed by atoms with van der Waals surface area (Å²) in [7, 11) is 0. The molecule has 1 aliphatic carbocycles. The predicted molar refractivity (Wildman–Crippen MR) is 62.4 cm³/mol. The fourth-order valence-electron chi connectivity index (χ4n) is 2.25. The number of carbonyl (C=O) groups excluding carboxylic acids is 1. The average Bonchev–Trinajstić information content (AvgIpc) is 2.15. The Kier molecular flexibility index (Phi) is 4.14. The van der Waals surface area contributed by atoms with Crippen LogP contribution >= 0.6 is 0 Å². The summed E-state index contributed by atoms with van der Waals surface area (Å²) in [6.07, 6.45) is 4.98. The molecule has 0 bridgehead atoms. The Bertz CT molecular complexity index is 220. The van der Waals surface area contributed by atoms with Gasteiger partial charge < -0.3 is 11.1 Å². The van der Waals surface area contributed by atoms with Gasteiger partial charge in [-0.1, -0.05) is 26.7 Å². The normalized spacial score (nSPS) is 20.9. The Labute approximate surface area is 92.8 Å². The van der Waals surface area contributed by atoms with Gasteiger partial charge in [0.25, 0.3) is 0 Å². The first-order valence-electron chi connectivity index (χ1n) is 6.13. The summed E-state index contributed by atoms with van der Waals surface area (Å²) in [6.45, 7) is 6.41. The highest BCUT2D eigenvalue weighted by Gasteiger charge is 2.40. The molecular weight excluding hydrogens is 188 g/mol. The number of carbonyl (C=O) groups is 1. The first-order chi connectivity index (χ1) is 7.03. The Balaban J connectivity index is 2.43. The number of rotatable bonds is 5. The van der Waals surface area contributed by atoms with Crippen molar-refractivity contribution in [3.05, 3.63) is 0 Å². The van der Waals surface area contributed by atoms with Crippen LogP contribution < -0.4 is 11.1 Å². The average molecular weight is 212 g/mol. The summed E-state index contributed by atoms with van der Waals surface area (Å²) in [6, 6.07) is 0.244. The van der Waals surface area contributed by atoms with E-state index >= 15 is 0 Å². The van der Waals surface area contributed by atoms with Crippen LogP contribution in [-0.4, -0.2) is 17.5 Å². The maximum Gasteiger partial charge on any atom is 0.240 e. The largest absolute Gasteiger partial charge is 0.352 e. The summed E-state index contributed by atoms with van der Waals surface area (Å²) in [4.78, 5) is 11.9. The van der Waals surface area contributed by atoms with E-state index in [2.05, 4.69) is 26.1 Å². The Morgan fingerprint density at radius 1 is 1.40 bits per heavy atom. The lowest BCUT2D eigenvalue weighted by atomic mass is 9.76. The van der Waals surface area contributed by atoms with Gasteiger partial charge in [0.2, 0.25) is 5.91 Å². The summed E-state index contributed by atoms with van der Waals surface area (Å²) in [5, 5.41) is 3.06. The van der Waals surface area contributed by atoms with Crippen LogP contribution in [0.3, 0.4) is 0 Å². The van der Waals surface area contributed by atoms with E-state index in [-0.39, 0.29) is 11.9 Å². The number of hydrogen-bond donors (Lipinski definition) is 2. The molecule has 1 aliphatic rings. The second kappa shape index (κ2) is 4.97. The highest BCUT2D eigenvalue weighted by atomic mass is 16.2. The lowest BCUT2D eigenvalue weighted by Crippen LogP contribution is -2.60. The van der Waals surface area contributed by atoms with E-state index < -0.39 is 5.54 Å². The molecular formula is C12H24N2O. The van der Waals surface area contributed by atoms with Crippen molar-refractivity contribution in [1.29, 1.82) is 0 Å². The number of nitrogens with two attached hydrogens (primary N) is 1. The lowest BCUT2D eigenvalue weighted by molar-refractivity contribution is -0.130. The molecule has 0 heterocycles. The van der Waals surface area contributed by atoms with Crippen molar-refractivity contribution in [2.45, 2.75) is 64.5 Å². The molecule has 0 aromatic heterocycles. The van der Waals surface area contributed by atoms with Gasteiger partial charge in [0, 0.05) is 6.04 Å². The van der Waals surface area contributed by atoms with E-state index in [4.69, 9.17) is 5.73 Å². The van der Waals surface area contributed by atoms with E-state index in [0.29, 0.717) is 5.92 Å². The van der Waals surface area contributed by atoms with Gasteiger partial charge in [0.1, 0.15) is 0 Å². The first kappa shape index (κ1) is 12.5. The van der Waals surface area contributed by atoms with Gasteiger partial charge in [-0.3, -0.25) is 4.79 Å². The van der Waals surface area contributed by atoms with Gasteiger partial charge in [-0.05, 0) is 32.1 Å². The maximum atomic E-state index is 11.9. The van der Waals surface area contributed by atoms with Crippen molar-refractivity contribution in [1.82, 2.24) is 5.32 Å². The van der Waals surface area contributed by atoms with E-state index in [0.717, 1.165) is 32.1 Å². The molecule has 0 aliphatic heterocycles. The van der Waals surface area contributed by atoms with Crippen molar-refractivity contribution >= 4 is 5.91 Å².